The van der Waals surface area contributed by atoms with Gasteiger partial charge in [0.25, 0.3) is 11.1 Å². The summed E-state index contributed by atoms with van der Waals surface area (Å²) in [7, 11) is 3.44. The van der Waals surface area contributed by atoms with Gasteiger partial charge in [0, 0.05) is 63.0 Å². The summed E-state index contributed by atoms with van der Waals surface area (Å²) in [4.78, 5) is 36.5. The van der Waals surface area contributed by atoms with Gasteiger partial charge < -0.3 is 29.2 Å². The van der Waals surface area contributed by atoms with Gasteiger partial charge >= 0.3 is 57.4 Å². The number of nitrogens with zero attached hydrogens (tertiary/aromatic N) is 8. The Hall–Kier alpha value is -3.87. The van der Waals surface area contributed by atoms with E-state index in [0.717, 1.165) is 60.6 Å². The van der Waals surface area contributed by atoms with Gasteiger partial charge in [0.05, 0.1) is 23.5 Å². The summed E-state index contributed by atoms with van der Waals surface area (Å²) in [6.07, 6.45) is 15.2. The van der Waals surface area contributed by atoms with Crippen molar-refractivity contribution >= 4 is 27.5 Å². The number of fused-ring (bicyclic) bond motifs is 2. The van der Waals surface area contributed by atoms with Crippen LogP contribution in [0.3, 0.4) is 0 Å². The number of aliphatic hydroxyl groups excluding tert-OH is 1. The molecular formula is C42H47KN8O7. The molecule has 15 nitrogen and oxygen atoms in total. The fourth-order valence-electron chi connectivity index (χ4n) is 9.07. The van der Waals surface area contributed by atoms with E-state index in [0.29, 0.717) is 27.7 Å². The van der Waals surface area contributed by atoms with Crippen LogP contribution in [0.15, 0.2) is 82.9 Å². The zero-order chi connectivity index (χ0) is 38.8. The maximum atomic E-state index is 12.5. The number of benzene rings is 2. The SMILES string of the molecule is C1CCOC1.CC(=O)OC(c1cn(C23CC(C2)C3)nn1)c1cccc2c(=O)n(C)ccc12.Cn1ccc2c(C(O)c3cn(C45CC(C4)C5)nn3)cccc2c1=O.[K+].[OH-]. The van der Waals surface area contributed by atoms with Gasteiger partial charge in [-0.2, -0.15) is 0 Å². The predicted octanol–water partition coefficient (Wildman–Crippen LogP) is 1.64. The molecule has 0 spiro atoms. The second-order valence-corrected chi connectivity index (χ2v) is 16.4. The topological polar surface area (TPSA) is 191 Å². The van der Waals surface area contributed by atoms with E-state index in [9.17, 15) is 19.5 Å². The summed E-state index contributed by atoms with van der Waals surface area (Å²) in [6, 6.07) is 14.6. The van der Waals surface area contributed by atoms with Crippen LogP contribution in [0, 0.1) is 11.8 Å². The Morgan fingerprint density at radius 2 is 1.21 bits per heavy atom. The van der Waals surface area contributed by atoms with E-state index in [2.05, 4.69) is 20.6 Å². The molecular weight excluding hydrogens is 768 g/mol. The number of carbonyl (C=O) groups excluding carboxylic acids is 1. The zero-order valence-electron chi connectivity index (χ0n) is 33.3. The predicted molar refractivity (Wildman–Crippen MR) is 209 cm³/mol. The largest absolute Gasteiger partial charge is 1.00 e. The van der Waals surface area contributed by atoms with Crippen LogP contribution in [0.5, 0.6) is 0 Å². The first kappa shape index (κ1) is 42.3. The number of aromatic nitrogens is 8. The molecule has 298 valence electrons. The second kappa shape index (κ2) is 16.6. The normalized spacial score (nSPS) is 24.1. The van der Waals surface area contributed by atoms with Gasteiger partial charge in [-0.25, -0.2) is 9.36 Å². The summed E-state index contributed by atoms with van der Waals surface area (Å²) in [5.74, 6) is 1.29. The van der Waals surface area contributed by atoms with Gasteiger partial charge in [-0.3, -0.25) is 14.4 Å². The van der Waals surface area contributed by atoms with Crippen molar-refractivity contribution in [3.8, 4) is 0 Å². The van der Waals surface area contributed by atoms with Gasteiger partial charge in [0.2, 0.25) is 0 Å². The van der Waals surface area contributed by atoms with E-state index in [-0.39, 0.29) is 79.1 Å². The van der Waals surface area contributed by atoms with Crippen LogP contribution in [-0.2, 0) is 39.4 Å². The first-order valence-corrected chi connectivity index (χ1v) is 19.5. The van der Waals surface area contributed by atoms with Crippen molar-refractivity contribution < 1.29 is 76.2 Å². The van der Waals surface area contributed by atoms with Gasteiger partial charge in [-0.05, 0) is 104 Å². The molecule has 2 N–H and O–H groups in total. The Morgan fingerprint density at radius 1 is 0.741 bits per heavy atom. The molecule has 4 bridgehead atoms. The Labute approximate surface area is 377 Å². The fourth-order valence-corrected chi connectivity index (χ4v) is 9.07. The third kappa shape index (κ3) is 7.46. The van der Waals surface area contributed by atoms with E-state index in [1.807, 2.05) is 46.0 Å². The molecule has 2 aromatic carbocycles. The average molecular weight is 815 g/mol. The Balaban J connectivity index is 0.000000153. The summed E-state index contributed by atoms with van der Waals surface area (Å²) < 4.78 is 17.5. The number of hydrogen-bond acceptors (Lipinski definition) is 11. The molecule has 0 amide bonds. The molecule has 6 aliphatic carbocycles. The van der Waals surface area contributed by atoms with Crippen LogP contribution in [0.25, 0.3) is 21.5 Å². The van der Waals surface area contributed by atoms with Crippen molar-refractivity contribution in [2.24, 2.45) is 25.9 Å². The molecule has 13 rings (SSSR count). The Bertz CT molecular complexity index is 2550. The smallest absolute Gasteiger partial charge is 0.870 e. The molecule has 7 fully saturated rings. The monoisotopic (exact) mass is 814 g/mol. The third-order valence-electron chi connectivity index (χ3n) is 12.6. The van der Waals surface area contributed by atoms with Gasteiger partial charge in [-0.15, -0.1) is 10.2 Å². The van der Waals surface area contributed by atoms with Crippen molar-refractivity contribution in [3.05, 3.63) is 117 Å². The molecule has 6 aromatic rings. The number of aliphatic hydroxyl groups is 1. The zero-order valence-corrected chi connectivity index (χ0v) is 36.4. The van der Waals surface area contributed by atoms with E-state index < -0.39 is 18.2 Å². The van der Waals surface area contributed by atoms with Crippen molar-refractivity contribution in [3.63, 3.8) is 0 Å². The molecule has 58 heavy (non-hydrogen) atoms. The van der Waals surface area contributed by atoms with Crippen LogP contribution in [0.1, 0.15) is 93.0 Å². The number of pyridine rings is 2. The molecule has 16 heteroatoms. The number of ether oxygens (including phenoxy) is 2. The molecule has 2 atom stereocenters. The van der Waals surface area contributed by atoms with Crippen molar-refractivity contribution in [2.75, 3.05) is 13.2 Å². The summed E-state index contributed by atoms with van der Waals surface area (Å²) >= 11 is 0. The molecule has 7 aliphatic rings. The molecule has 6 saturated carbocycles. The molecule has 1 saturated heterocycles. The average Bonchev–Trinajstić information content (AvgIpc) is 3.93. The maximum absolute atomic E-state index is 12.5. The number of carbonyl (C=O) groups is 1. The van der Waals surface area contributed by atoms with Crippen LogP contribution >= 0.6 is 0 Å². The molecule has 2 unspecified atom stereocenters. The first-order valence-electron chi connectivity index (χ1n) is 19.5. The van der Waals surface area contributed by atoms with Crippen molar-refractivity contribution in [2.45, 2.75) is 81.6 Å². The second-order valence-electron chi connectivity index (χ2n) is 16.4. The van der Waals surface area contributed by atoms with Crippen LogP contribution in [0.2, 0.25) is 0 Å². The minimum absolute atomic E-state index is 0. The Kier molecular flexibility index (Phi) is 12.1. The van der Waals surface area contributed by atoms with Gasteiger partial charge in [0.1, 0.15) is 17.5 Å². The van der Waals surface area contributed by atoms with Crippen LogP contribution in [0.4, 0.5) is 0 Å². The van der Waals surface area contributed by atoms with Crippen LogP contribution in [-0.4, -0.2) is 68.9 Å². The van der Waals surface area contributed by atoms with Crippen LogP contribution < -0.4 is 62.5 Å². The quantitative estimate of drug-likeness (QED) is 0.182. The molecule has 1 aliphatic heterocycles. The minimum atomic E-state index is -0.887. The van der Waals surface area contributed by atoms with E-state index >= 15 is 0 Å². The minimum Gasteiger partial charge on any atom is -0.870 e. The summed E-state index contributed by atoms with van der Waals surface area (Å²) in [5.41, 5.74) is 2.67. The van der Waals surface area contributed by atoms with Gasteiger partial charge in [0.15, 0.2) is 6.10 Å². The third-order valence-corrected chi connectivity index (χ3v) is 12.6. The van der Waals surface area contributed by atoms with E-state index in [1.54, 1.807) is 50.8 Å². The number of esters is 1. The maximum Gasteiger partial charge on any atom is 1.00 e. The molecule has 0 radical (unpaired) electrons. The summed E-state index contributed by atoms with van der Waals surface area (Å²) in [6.45, 7) is 3.38. The summed E-state index contributed by atoms with van der Waals surface area (Å²) in [5, 5.41) is 30.6. The number of aryl methyl sites for hydroxylation is 2. The number of hydrogen-bond donors (Lipinski definition) is 1. The van der Waals surface area contributed by atoms with Crippen molar-refractivity contribution in [1.29, 1.82) is 0 Å². The van der Waals surface area contributed by atoms with E-state index in [1.165, 1.54) is 48.2 Å². The standard InChI is InChI=1S/C20H20N4O3.C18H18N4O2.C4H8O.K.H2O/c1-12(25)27-18(17-11-24(22-21-17)20-8-13(9-20)10-20)15-4-3-5-16-14(15)6-7-23(2)19(16)26;1-21-6-5-12-13(3-2-4-14(12)17(21)24)16(23)15-10-22(20-19-15)18-7-11(8-18)9-18;1-2-4-5-3-1;;/h3-7,11,13,18H,8-10H2,1-2H3;2-6,10-11,16,23H,7-9H2,1H3;1-4H2;;1H2/q;;;+1;/p-1. The van der Waals surface area contributed by atoms with Crippen molar-refractivity contribution in [1.82, 2.24) is 39.1 Å². The van der Waals surface area contributed by atoms with Gasteiger partial charge in [-0.1, -0.05) is 34.7 Å². The fraction of sp³-hybridized carbons (Fsp3) is 0.452. The Morgan fingerprint density at radius 3 is 1.66 bits per heavy atom. The van der Waals surface area contributed by atoms with E-state index in [4.69, 9.17) is 9.47 Å². The number of rotatable bonds is 7. The molecule has 4 aromatic heterocycles. The first-order chi connectivity index (χ1) is 27.0. The molecule has 5 heterocycles.